The van der Waals surface area contributed by atoms with E-state index in [2.05, 4.69) is 35.8 Å². The minimum Gasteiger partial charge on any atom is -0.492 e. The number of nitrogens with zero attached hydrogens (tertiary/aromatic N) is 2. The molecule has 134 valence electrons. The van der Waals surface area contributed by atoms with Gasteiger partial charge >= 0.3 is 5.97 Å². The highest BCUT2D eigenvalue weighted by atomic mass is 16.5. The van der Waals surface area contributed by atoms with Crippen molar-refractivity contribution in [2.24, 2.45) is 5.92 Å². The first kappa shape index (κ1) is 18.7. The van der Waals surface area contributed by atoms with E-state index in [4.69, 9.17) is 9.84 Å². The molecule has 1 aliphatic heterocycles. The van der Waals surface area contributed by atoms with Gasteiger partial charge in [-0.15, -0.1) is 0 Å². The Labute approximate surface area is 145 Å². The molecule has 1 fully saturated rings. The third-order valence-electron chi connectivity index (χ3n) is 4.81. The van der Waals surface area contributed by atoms with E-state index in [1.807, 2.05) is 12.1 Å². The molecule has 0 unspecified atom stereocenters. The standard InChI is InChI=1S/C19H30N2O3/c1-3-20(4-2)12-13-24-18-7-5-6-16(14-18)15-21-10-8-17(9-11-21)19(22)23/h5-7,14,17H,3-4,8-13,15H2,1-2H3,(H,22,23). The van der Waals surface area contributed by atoms with Gasteiger partial charge in [-0.25, -0.2) is 0 Å². The minimum atomic E-state index is -0.654. The zero-order valence-corrected chi connectivity index (χ0v) is 14.9. The fourth-order valence-electron chi connectivity index (χ4n) is 3.16. The molecule has 0 atom stereocenters. The van der Waals surface area contributed by atoms with E-state index in [0.29, 0.717) is 6.61 Å². The molecular weight excluding hydrogens is 304 g/mol. The zero-order valence-electron chi connectivity index (χ0n) is 14.9. The van der Waals surface area contributed by atoms with Crippen molar-refractivity contribution in [3.63, 3.8) is 0 Å². The number of carbonyl (C=O) groups is 1. The number of carboxylic acid groups (broad SMARTS) is 1. The predicted molar refractivity (Wildman–Crippen MR) is 95.4 cm³/mol. The van der Waals surface area contributed by atoms with Gasteiger partial charge in [0.05, 0.1) is 5.92 Å². The van der Waals surface area contributed by atoms with Crippen LogP contribution in [-0.4, -0.2) is 60.2 Å². The van der Waals surface area contributed by atoms with Gasteiger partial charge in [0.1, 0.15) is 12.4 Å². The smallest absolute Gasteiger partial charge is 0.306 e. The SMILES string of the molecule is CCN(CC)CCOc1cccc(CN2CCC(C(=O)O)CC2)c1. The zero-order chi connectivity index (χ0) is 17.4. The molecule has 0 aromatic heterocycles. The summed E-state index contributed by atoms with van der Waals surface area (Å²) in [7, 11) is 0. The number of hydrogen-bond donors (Lipinski definition) is 1. The number of ether oxygens (including phenoxy) is 1. The molecule has 0 aliphatic carbocycles. The van der Waals surface area contributed by atoms with E-state index in [1.165, 1.54) is 5.56 Å². The van der Waals surface area contributed by atoms with Gasteiger partial charge in [-0.3, -0.25) is 9.69 Å². The van der Waals surface area contributed by atoms with Crippen LogP contribution in [0.5, 0.6) is 5.75 Å². The molecule has 5 heteroatoms. The average molecular weight is 334 g/mol. The molecule has 0 saturated carbocycles. The van der Waals surface area contributed by atoms with Crippen LogP contribution >= 0.6 is 0 Å². The summed E-state index contributed by atoms with van der Waals surface area (Å²) in [5.74, 6) is 0.0920. The first-order valence-corrected chi connectivity index (χ1v) is 9.01. The van der Waals surface area contributed by atoms with Crippen molar-refractivity contribution in [3.05, 3.63) is 29.8 Å². The lowest BCUT2D eigenvalue weighted by molar-refractivity contribution is -0.143. The van der Waals surface area contributed by atoms with E-state index >= 15 is 0 Å². The van der Waals surface area contributed by atoms with Gasteiger partial charge in [-0.05, 0) is 56.7 Å². The molecule has 0 bridgehead atoms. The molecule has 0 amide bonds. The maximum Gasteiger partial charge on any atom is 0.306 e. The van der Waals surface area contributed by atoms with Gasteiger partial charge in [0, 0.05) is 13.1 Å². The van der Waals surface area contributed by atoms with Gasteiger partial charge in [-0.1, -0.05) is 26.0 Å². The van der Waals surface area contributed by atoms with E-state index in [-0.39, 0.29) is 5.92 Å². The third-order valence-corrected chi connectivity index (χ3v) is 4.81. The lowest BCUT2D eigenvalue weighted by Gasteiger charge is -2.30. The second-order valence-corrected chi connectivity index (χ2v) is 6.41. The molecule has 1 aromatic rings. The molecule has 0 spiro atoms. The summed E-state index contributed by atoms with van der Waals surface area (Å²) in [4.78, 5) is 15.7. The number of likely N-dealkylation sites (N-methyl/N-ethyl adjacent to an activating group) is 1. The highest BCUT2D eigenvalue weighted by Gasteiger charge is 2.24. The van der Waals surface area contributed by atoms with Crippen molar-refractivity contribution in [2.75, 3.05) is 39.3 Å². The van der Waals surface area contributed by atoms with Crippen LogP contribution in [0.2, 0.25) is 0 Å². The summed E-state index contributed by atoms with van der Waals surface area (Å²) in [5, 5.41) is 9.07. The van der Waals surface area contributed by atoms with Crippen LogP contribution in [0.1, 0.15) is 32.3 Å². The third kappa shape index (κ3) is 5.80. The fourth-order valence-corrected chi connectivity index (χ4v) is 3.16. The predicted octanol–water partition coefficient (Wildman–Crippen LogP) is 2.70. The summed E-state index contributed by atoms with van der Waals surface area (Å²) < 4.78 is 5.88. The molecule has 24 heavy (non-hydrogen) atoms. The van der Waals surface area contributed by atoms with E-state index in [9.17, 15) is 4.79 Å². The van der Waals surface area contributed by atoms with Crippen LogP contribution in [0.25, 0.3) is 0 Å². The van der Waals surface area contributed by atoms with Crippen molar-refractivity contribution in [3.8, 4) is 5.75 Å². The number of carboxylic acids is 1. The Morgan fingerprint density at radius 3 is 2.62 bits per heavy atom. The monoisotopic (exact) mass is 334 g/mol. The molecule has 0 radical (unpaired) electrons. The van der Waals surface area contributed by atoms with Gasteiger partial charge in [0.2, 0.25) is 0 Å². The lowest BCUT2D eigenvalue weighted by atomic mass is 9.97. The van der Waals surface area contributed by atoms with Crippen LogP contribution in [0.4, 0.5) is 0 Å². The Balaban J connectivity index is 1.79. The van der Waals surface area contributed by atoms with Gasteiger partial charge in [-0.2, -0.15) is 0 Å². The summed E-state index contributed by atoms with van der Waals surface area (Å²) in [6.07, 6.45) is 1.49. The second-order valence-electron chi connectivity index (χ2n) is 6.41. The molecule has 1 saturated heterocycles. The van der Waals surface area contributed by atoms with E-state index in [1.54, 1.807) is 0 Å². The Hall–Kier alpha value is -1.59. The summed E-state index contributed by atoms with van der Waals surface area (Å²) in [5.41, 5.74) is 1.23. The summed E-state index contributed by atoms with van der Waals surface area (Å²) >= 11 is 0. The lowest BCUT2D eigenvalue weighted by Crippen LogP contribution is -2.35. The fraction of sp³-hybridized carbons (Fsp3) is 0.632. The van der Waals surface area contributed by atoms with E-state index in [0.717, 1.165) is 57.9 Å². The van der Waals surface area contributed by atoms with Crippen molar-refractivity contribution in [1.29, 1.82) is 0 Å². The Morgan fingerprint density at radius 1 is 1.29 bits per heavy atom. The molecule has 1 aliphatic rings. The summed E-state index contributed by atoms with van der Waals surface area (Å²) in [6.45, 7) is 10.6. The quantitative estimate of drug-likeness (QED) is 0.752. The molecule has 2 rings (SSSR count). The largest absolute Gasteiger partial charge is 0.492 e. The minimum absolute atomic E-state index is 0.170. The van der Waals surface area contributed by atoms with Gasteiger partial charge < -0.3 is 14.7 Å². The number of hydrogen-bond acceptors (Lipinski definition) is 4. The molecule has 5 nitrogen and oxygen atoms in total. The number of benzene rings is 1. The topological polar surface area (TPSA) is 53.0 Å². The number of rotatable bonds is 9. The summed E-state index contributed by atoms with van der Waals surface area (Å²) in [6, 6.07) is 8.25. The first-order valence-electron chi connectivity index (χ1n) is 9.01. The van der Waals surface area contributed by atoms with Crippen molar-refractivity contribution in [2.45, 2.75) is 33.2 Å². The van der Waals surface area contributed by atoms with Crippen molar-refractivity contribution in [1.82, 2.24) is 9.80 Å². The van der Waals surface area contributed by atoms with Crippen LogP contribution in [0.3, 0.4) is 0 Å². The Kier molecular flexibility index (Phi) is 7.53. The van der Waals surface area contributed by atoms with Crippen LogP contribution in [0.15, 0.2) is 24.3 Å². The highest BCUT2D eigenvalue weighted by molar-refractivity contribution is 5.70. The highest BCUT2D eigenvalue weighted by Crippen LogP contribution is 2.21. The van der Waals surface area contributed by atoms with Gasteiger partial charge in [0.15, 0.2) is 0 Å². The number of aliphatic carboxylic acids is 1. The maximum absolute atomic E-state index is 11.0. The van der Waals surface area contributed by atoms with Crippen LogP contribution < -0.4 is 4.74 Å². The van der Waals surface area contributed by atoms with Gasteiger partial charge in [0.25, 0.3) is 0 Å². The Bertz CT molecular complexity index is 509. The molecule has 1 aromatic carbocycles. The van der Waals surface area contributed by atoms with E-state index < -0.39 is 5.97 Å². The normalized spacial score (nSPS) is 16.5. The maximum atomic E-state index is 11.0. The van der Waals surface area contributed by atoms with Crippen LogP contribution in [-0.2, 0) is 11.3 Å². The van der Waals surface area contributed by atoms with Crippen molar-refractivity contribution < 1.29 is 14.6 Å². The Morgan fingerprint density at radius 2 is 2.00 bits per heavy atom. The molecular formula is C19H30N2O3. The second kappa shape index (κ2) is 9.64. The van der Waals surface area contributed by atoms with Crippen molar-refractivity contribution >= 4 is 5.97 Å². The number of likely N-dealkylation sites (tertiary alicyclic amines) is 1. The molecule has 1 N–H and O–H groups in total. The van der Waals surface area contributed by atoms with Crippen LogP contribution in [0, 0.1) is 5.92 Å². The first-order chi connectivity index (χ1) is 11.6. The average Bonchev–Trinajstić information content (AvgIpc) is 2.59. The molecule has 1 heterocycles. The number of piperidine rings is 1.